The number of hydrogen-bond acceptors (Lipinski definition) is 5. The van der Waals surface area contributed by atoms with Crippen LogP contribution in [0.3, 0.4) is 0 Å². The molecule has 42 heavy (non-hydrogen) atoms. The van der Waals surface area contributed by atoms with Crippen molar-refractivity contribution in [1.29, 1.82) is 0 Å². The lowest BCUT2D eigenvalue weighted by Gasteiger charge is -2.22. The Morgan fingerprint density at radius 2 is 1.33 bits per heavy atom. The Hall–Kier alpha value is -4.48. The van der Waals surface area contributed by atoms with Crippen LogP contribution in [0.2, 0.25) is 0 Å². The van der Waals surface area contributed by atoms with Gasteiger partial charge < -0.3 is 24.1 Å². The summed E-state index contributed by atoms with van der Waals surface area (Å²) in [7, 11) is 3.27. The van der Waals surface area contributed by atoms with E-state index in [0.29, 0.717) is 49.7 Å². The number of allylic oxidation sites excluding steroid dienone is 1. The maximum Gasteiger partial charge on any atom is 0.204 e. The summed E-state index contributed by atoms with van der Waals surface area (Å²) in [6, 6.07) is 28.4. The highest BCUT2D eigenvalue weighted by Crippen LogP contribution is 2.49. The Labute approximate surface area is 249 Å². The third kappa shape index (κ3) is 7.83. The third-order valence-corrected chi connectivity index (χ3v) is 7.09. The average molecular weight is 565 g/mol. The molecule has 0 radical (unpaired) electrons. The molecule has 1 unspecified atom stereocenters. The Balaban J connectivity index is 1.82. The van der Waals surface area contributed by atoms with Crippen LogP contribution in [0.1, 0.15) is 35.1 Å². The molecule has 4 aromatic rings. The minimum absolute atomic E-state index is 0.396. The monoisotopic (exact) mass is 564 g/mol. The van der Waals surface area contributed by atoms with Gasteiger partial charge in [-0.05, 0) is 66.1 Å². The van der Waals surface area contributed by atoms with Crippen LogP contribution in [0.15, 0.2) is 110 Å². The third-order valence-electron chi connectivity index (χ3n) is 7.09. The second-order valence-electron chi connectivity index (χ2n) is 10.0. The first kappa shape index (κ1) is 30.5. The number of rotatable bonds is 16. The number of methoxy groups -OCH3 is 2. The zero-order valence-electron chi connectivity index (χ0n) is 24.6. The van der Waals surface area contributed by atoms with E-state index < -0.39 is 6.10 Å². The van der Waals surface area contributed by atoms with Crippen LogP contribution in [-0.2, 0) is 26.1 Å². The number of ether oxygens (including phenoxy) is 4. The van der Waals surface area contributed by atoms with Gasteiger partial charge in [0.05, 0.1) is 20.3 Å². The van der Waals surface area contributed by atoms with E-state index in [2.05, 4.69) is 25.3 Å². The van der Waals surface area contributed by atoms with E-state index in [9.17, 15) is 5.11 Å². The van der Waals surface area contributed by atoms with Gasteiger partial charge in [0, 0.05) is 11.1 Å². The predicted molar refractivity (Wildman–Crippen MR) is 170 cm³/mol. The lowest BCUT2D eigenvalue weighted by molar-refractivity contribution is 0.213. The molecule has 0 fully saturated rings. The van der Waals surface area contributed by atoms with Crippen molar-refractivity contribution in [3.8, 4) is 34.1 Å². The van der Waals surface area contributed by atoms with Gasteiger partial charge in [-0.2, -0.15) is 0 Å². The quantitative estimate of drug-likeness (QED) is 0.139. The van der Waals surface area contributed by atoms with Crippen molar-refractivity contribution < 1.29 is 24.1 Å². The molecule has 0 amide bonds. The molecule has 1 atom stereocenters. The Morgan fingerprint density at radius 1 is 0.690 bits per heavy atom. The lowest BCUT2D eigenvalue weighted by atomic mass is 9.94. The Bertz CT molecular complexity index is 1450. The van der Waals surface area contributed by atoms with Gasteiger partial charge in [-0.1, -0.05) is 78.9 Å². The highest BCUT2D eigenvalue weighted by atomic mass is 16.5. The molecule has 0 heterocycles. The summed E-state index contributed by atoms with van der Waals surface area (Å²) < 4.78 is 24.8. The molecule has 0 bridgehead atoms. The van der Waals surface area contributed by atoms with E-state index in [1.165, 1.54) is 0 Å². The van der Waals surface area contributed by atoms with Gasteiger partial charge in [-0.15, -0.1) is 13.2 Å². The summed E-state index contributed by atoms with van der Waals surface area (Å²) in [6.45, 7) is 8.45. The van der Waals surface area contributed by atoms with Gasteiger partial charge >= 0.3 is 0 Å². The van der Waals surface area contributed by atoms with Crippen molar-refractivity contribution in [2.75, 3.05) is 14.2 Å². The van der Waals surface area contributed by atoms with Crippen molar-refractivity contribution >= 4 is 0 Å². The largest absolute Gasteiger partial charge is 0.492 e. The van der Waals surface area contributed by atoms with Crippen molar-refractivity contribution in [3.63, 3.8) is 0 Å². The predicted octanol–water partition coefficient (Wildman–Crippen LogP) is 8.13. The Kier molecular flexibility index (Phi) is 11.2. The van der Waals surface area contributed by atoms with Crippen LogP contribution in [0.25, 0.3) is 11.1 Å². The number of hydrogen-bond donors (Lipinski definition) is 1. The number of aryl methyl sites for hydroxylation is 2. The highest BCUT2D eigenvalue weighted by molar-refractivity contribution is 5.82. The van der Waals surface area contributed by atoms with Crippen molar-refractivity contribution in [1.82, 2.24) is 0 Å². The fraction of sp³-hybridized carbons (Fsp3) is 0.243. The summed E-state index contributed by atoms with van der Waals surface area (Å²) in [5, 5.41) is 10.1. The summed E-state index contributed by atoms with van der Waals surface area (Å²) in [4.78, 5) is 0. The maximum atomic E-state index is 10.1. The van der Waals surface area contributed by atoms with Gasteiger partial charge in [0.15, 0.2) is 11.5 Å². The average Bonchev–Trinajstić information content (AvgIpc) is 3.04. The molecule has 0 aromatic heterocycles. The van der Waals surface area contributed by atoms with Crippen LogP contribution in [-0.4, -0.2) is 25.4 Å². The van der Waals surface area contributed by atoms with E-state index in [1.807, 2.05) is 78.9 Å². The van der Waals surface area contributed by atoms with E-state index in [0.717, 1.165) is 45.6 Å². The van der Waals surface area contributed by atoms with Crippen LogP contribution < -0.4 is 18.9 Å². The second kappa shape index (κ2) is 15.5. The fourth-order valence-corrected chi connectivity index (χ4v) is 4.83. The minimum Gasteiger partial charge on any atom is -0.492 e. The fourth-order valence-electron chi connectivity index (χ4n) is 4.83. The first-order valence-corrected chi connectivity index (χ1v) is 14.2. The molecule has 0 aliphatic rings. The Morgan fingerprint density at radius 3 is 1.93 bits per heavy atom. The van der Waals surface area contributed by atoms with E-state index in [-0.39, 0.29) is 0 Å². The molecule has 0 saturated carbocycles. The number of aliphatic hydroxyl groups excluding tert-OH is 1. The molecule has 0 saturated heterocycles. The van der Waals surface area contributed by atoms with Gasteiger partial charge in [0.1, 0.15) is 19.0 Å². The van der Waals surface area contributed by atoms with Crippen molar-refractivity contribution in [2.24, 2.45) is 0 Å². The van der Waals surface area contributed by atoms with Crippen LogP contribution in [0.5, 0.6) is 23.0 Å². The first-order chi connectivity index (χ1) is 20.6. The molecule has 4 aromatic carbocycles. The summed E-state index contributed by atoms with van der Waals surface area (Å²) >= 11 is 0. The van der Waals surface area contributed by atoms with Gasteiger partial charge in [-0.3, -0.25) is 0 Å². The van der Waals surface area contributed by atoms with Crippen molar-refractivity contribution in [3.05, 3.63) is 132 Å². The van der Waals surface area contributed by atoms with E-state index in [1.54, 1.807) is 20.3 Å². The maximum absolute atomic E-state index is 10.1. The van der Waals surface area contributed by atoms with E-state index in [4.69, 9.17) is 18.9 Å². The minimum atomic E-state index is -0.566. The van der Waals surface area contributed by atoms with Crippen LogP contribution >= 0.6 is 0 Å². The van der Waals surface area contributed by atoms with Gasteiger partial charge in [0.25, 0.3) is 0 Å². The van der Waals surface area contributed by atoms with Gasteiger partial charge in [0.2, 0.25) is 5.75 Å². The van der Waals surface area contributed by atoms with Crippen LogP contribution in [0, 0.1) is 0 Å². The highest BCUT2D eigenvalue weighted by Gasteiger charge is 2.24. The molecular formula is C37H40O5. The zero-order valence-corrected chi connectivity index (χ0v) is 24.6. The molecule has 5 nitrogen and oxygen atoms in total. The second-order valence-corrected chi connectivity index (χ2v) is 10.0. The molecule has 4 rings (SSSR count). The number of aliphatic hydroxyl groups is 1. The van der Waals surface area contributed by atoms with Crippen molar-refractivity contribution in [2.45, 2.75) is 45.0 Å². The summed E-state index contributed by atoms with van der Waals surface area (Å²) in [5.74, 6) is 2.47. The summed E-state index contributed by atoms with van der Waals surface area (Å²) in [6.07, 6.45) is 5.64. The SMILES string of the molecule is C=CCCc1cc(-c2cc(CCC(O)C=C)ccc2OCc2ccccc2)c(OC)c(OC)c1OCc1ccccc1. The normalized spacial score (nSPS) is 11.4. The molecule has 0 aliphatic heterocycles. The summed E-state index contributed by atoms with van der Waals surface area (Å²) in [5.41, 5.74) is 5.90. The standard InChI is InChI=1S/C37H40O5/c1-5-7-18-30-24-33(36(39-3)37(40-4)35(30)42-26-29-16-12-9-13-17-29)32-23-27(19-21-31(38)6-2)20-22-34(32)41-25-28-14-10-8-11-15-28/h5-6,8-17,20,22-24,31,38H,1-2,7,18-19,21,25-26H2,3-4H3. The topological polar surface area (TPSA) is 57.2 Å². The molecule has 218 valence electrons. The number of benzene rings is 4. The zero-order chi connectivity index (χ0) is 29.7. The van der Waals surface area contributed by atoms with Crippen LogP contribution in [0.4, 0.5) is 0 Å². The molecule has 0 aliphatic carbocycles. The molecule has 1 N–H and O–H groups in total. The van der Waals surface area contributed by atoms with Gasteiger partial charge in [-0.25, -0.2) is 0 Å². The van der Waals surface area contributed by atoms with E-state index >= 15 is 0 Å². The molecular weight excluding hydrogens is 524 g/mol. The molecule has 0 spiro atoms. The smallest absolute Gasteiger partial charge is 0.204 e. The first-order valence-electron chi connectivity index (χ1n) is 14.2. The lowest BCUT2D eigenvalue weighted by Crippen LogP contribution is -2.06. The molecule has 5 heteroatoms.